The Bertz CT molecular complexity index is 810. The Kier molecular flexibility index (Phi) is 7.29. The summed E-state index contributed by atoms with van der Waals surface area (Å²) in [6.07, 6.45) is 7.78. The van der Waals surface area contributed by atoms with E-state index in [1.165, 1.54) is 37.2 Å². The fourth-order valence-corrected chi connectivity index (χ4v) is 7.08. The standard InChI is InChI=1S/C24H42N6O2S/c1-6-13-30-20(26-27-28-30)23(5,25-19-9-11-24(12-10-19)16-33-17-24)18-8-7-14-29(15-18)21(31)32-22(2,3)4/h18-19,25H,6-17H2,1-5H3. The number of nitrogens with zero attached hydrogens (tertiary/aromatic N) is 5. The van der Waals surface area contributed by atoms with Crippen LogP contribution in [0.1, 0.15) is 85.4 Å². The van der Waals surface area contributed by atoms with Gasteiger partial charge in [-0.2, -0.15) is 11.8 Å². The molecule has 1 aliphatic carbocycles. The zero-order valence-electron chi connectivity index (χ0n) is 21.1. The number of thioether (sulfide) groups is 1. The molecule has 8 nitrogen and oxygen atoms in total. The number of likely N-dealkylation sites (tertiary alicyclic amines) is 1. The summed E-state index contributed by atoms with van der Waals surface area (Å²) in [6.45, 7) is 12.4. The van der Waals surface area contributed by atoms with Crippen molar-refractivity contribution in [2.75, 3.05) is 24.6 Å². The molecule has 2 atom stereocenters. The molecule has 4 rings (SSSR count). The third-order valence-electron chi connectivity index (χ3n) is 7.69. The van der Waals surface area contributed by atoms with Crippen molar-refractivity contribution in [1.82, 2.24) is 30.4 Å². The molecule has 9 heteroatoms. The van der Waals surface area contributed by atoms with Gasteiger partial charge < -0.3 is 15.0 Å². The lowest BCUT2D eigenvalue weighted by Crippen LogP contribution is -2.58. The third kappa shape index (κ3) is 5.50. The Morgan fingerprint density at radius 2 is 1.94 bits per heavy atom. The minimum Gasteiger partial charge on any atom is -0.444 e. The van der Waals surface area contributed by atoms with E-state index in [9.17, 15) is 4.79 Å². The van der Waals surface area contributed by atoms with Gasteiger partial charge in [-0.15, -0.1) is 5.10 Å². The second kappa shape index (κ2) is 9.72. The molecule has 1 saturated carbocycles. The van der Waals surface area contributed by atoms with Crippen LogP contribution in [0, 0.1) is 11.3 Å². The first-order chi connectivity index (χ1) is 15.6. The summed E-state index contributed by atoms with van der Waals surface area (Å²) in [4.78, 5) is 14.8. The molecule has 1 aromatic heterocycles. The number of rotatable bonds is 6. The largest absolute Gasteiger partial charge is 0.444 e. The quantitative estimate of drug-likeness (QED) is 0.655. The average Bonchev–Trinajstić information content (AvgIpc) is 3.21. The molecule has 2 saturated heterocycles. The molecule has 2 aliphatic heterocycles. The first kappa shape index (κ1) is 24.8. The maximum atomic E-state index is 12.9. The van der Waals surface area contributed by atoms with Gasteiger partial charge in [-0.1, -0.05) is 6.92 Å². The fourth-order valence-electron chi connectivity index (χ4n) is 5.72. The molecule has 3 fully saturated rings. The fraction of sp³-hybridized carbons (Fsp3) is 0.917. The van der Waals surface area contributed by atoms with Crippen LogP contribution in [0.25, 0.3) is 0 Å². The summed E-state index contributed by atoms with van der Waals surface area (Å²) < 4.78 is 7.67. The smallest absolute Gasteiger partial charge is 0.410 e. The van der Waals surface area contributed by atoms with E-state index in [4.69, 9.17) is 4.74 Å². The number of piperidine rings is 1. The van der Waals surface area contributed by atoms with Gasteiger partial charge in [-0.3, -0.25) is 0 Å². The van der Waals surface area contributed by atoms with Gasteiger partial charge in [0.1, 0.15) is 5.60 Å². The zero-order valence-corrected chi connectivity index (χ0v) is 21.9. The molecule has 1 amide bonds. The van der Waals surface area contributed by atoms with Crippen molar-refractivity contribution < 1.29 is 9.53 Å². The summed E-state index contributed by atoms with van der Waals surface area (Å²) in [5.74, 6) is 3.79. The maximum absolute atomic E-state index is 12.9. The monoisotopic (exact) mass is 478 g/mol. The van der Waals surface area contributed by atoms with Crippen LogP contribution in [-0.2, 0) is 16.8 Å². The minimum atomic E-state index is -0.491. The molecule has 3 aliphatic rings. The van der Waals surface area contributed by atoms with Gasteiger partial charge in [-0.25, -0.2) is 9.48 Å². The zero-order chi connectivity index (χ0) is 23.7. The Morgan fingerprint density at radius 3 is 2.55 bits per heavy atom. The highest BCUT2D eigenvalue weighted by Gasteiger charge is 2.47. The van der Waals surface area contributed by atoms with Crippen molar-refractivity contribution in [3.8, 4) is 0 Å². The van der Waals surface area contributed by atoms with Gasteiger partial charge in [0.25, 0.3) is 0 Å². The van der Waals surface area contributed by atoms with Crippen molar-refractivity contribution >= 4 is 17.9 Å². The number of tetrazole rings is 1. The molecule has 2 unspecified atom stereocenters. The Morgan fingerprint density at radius 1 is 1.21 bits per heavy atom. The number of hydrogen-bond donors (Lipinski definition) is 1. The van der Waals surface area contributed by atoms with E-state index in [0.717, 1.165) is 38.2 Å². The Hall–Kier alpha value is -1.35. The SMILES string of the molecule is CCCn1nnnc1C(C)(NC1CCC2(CC1)CSC2)C1CCCN(C(=O)OC(C)(C)C)C1. The molecule has 3 heterocycles. The summed E-state index contributed by atoms with van der Waals surface area (Å²) in [6, 6.07) is 0.454. The average molecular weight is 479 g/mol. The Labute approximate surface area is 202 Å². The van der Waals surface area contributed by atoms with Gasteiger partial charge in [-0.05, 0) is 100.0 Å². The molecular weight excluding hydrogens is 436 g/mol. The molecule has 33 heavy (non-hydrogen) atoms. The van der Waals surface area contributed by atoms with Crippen LogP contribution < -0.4 is 5.32 Å². The van der Waals surface area contributed by atoms with Crippen molar-refractivity contribution in [3.05, 3.63) is 5.82 Å². The molecule has 1 spiro atoms. The lowest BCUT2D eigenvalue weighted by atomic mass is 9.72. The summed E-state index contributed by atoms with van der Waals surface area (Å²) >= 11 is 2.09. The summed E-state index contributed by atoms with van der Waals surface area (Å²) in [7, 11) is 0. The van der Waals surface area contributed by atoms with Crippen LogP contribution >= 0.6 is 11.8 Å². The molecule has 186 valence electrons. The second-order valence-corrected chi connectivity index (χ2v) is 12.6. The molecule has 0 aromatic carbocycles. The molecule has 1 N–H and O–H groups in total. The topological polar surface area (TPSA) is 85.2 Å². The van der Waals surface area contributed by atoms with Crippen LogP contribution in [0.15, 0.2) is 0 Å². The van der Waals surface area contributed by atoms with E-state index in [1.807, 2.05) is 30.4 Å². The second-order valence-electron chi connectivity index (χ2n) is 11.6. The number of aryl methyl sites for hydroxylation is 1. The first-order valence-electron chi connectivity index (χ1n) is 12.7. The molecule has 1 aromatic rings. The highest BCUT2D eigenvalue weighted by Crippen LogP contribution is 2.49. The van der Waals surface area contributed by atoms with Gasteiger partial charge in [0, 0.05) is 31.6 Å². The van der Waals surface area contributed by atoms with E-state index in [2.05, 4.69) is 46.5 Å². The first-order valence-corrected chi connectivity index (χ1v) is 13.9. The van der Waals surface area contributed by atoms with Gasteiger partial charge in [0.2, 0.25) is 0 Å². The van der Waals surface area contributed by atoms with Crippen molar-refractivity contribution in [2.24, 2.45) is 11.3 Å². The van der Waals surface area contributed by atoms with Crippen LogP contribution in [0.2, 0.25) is 0 Å². The van der Waals surface area contributed by atoms with E-state index in [0.29, 0.717) is 18.0 Å². The van der Waals surface area contributed by atoms with Crippen molar-refractivity contribution in [2.45, 2.75) is 103 Å². The summed E-state index contributed by atoms with van der Waals surface area (Å²) in [5, 5.41) is 17.0. The van der Waals surface area contributed by atoms with Crippen LogP contribution in [0.5, 0.6) is 0 Å². The summed E-state index contributed by atoms with van der Waals surface area (Å²) in [5.41, 5.74) is -0.293. The maximum Gasteiger partial charge on any atom is 0.410 e. The number of carbonyl (C=O) groups is 1. The number of hydrogen-bond acceptors (Lipinski definition) is 7. The number of nitrogens with one attached hydrogen (secondary N) is 1. The van der Waals surface area contributed by atoms with E-state index in [1.54, 1.807) is 0 Å². The van der Waals surface area contributed by atoms with Gasteiger partial charge >= 0.3 is 6.09 Å². The van der Waals surface area contributed by atoms with E-state index in [-0.39, 0.29) is 12.0 Å². The normalized spacial score (nSPS) is 25.5. The molecular formula is C24H42N6O2S. The lowest BCUT2D eigenvalue weighted by molar-refractivity contribution is 0.00661. The van der Waals surface area contributed by atoms with Gasteiger partial charge in [0.05, 0.1) is 5.54 Å². The number of aromatic nitrogens is 4. The predicted molar refractivity (Wildman–Crippen MR) is 131 cm³/mol. The van der Waals surface area contributed by atoms with Crippen molar-refractivity contribution in [3.63, 3.8) is 0 Å². The lowest BCUT2D eigenvalue weighted by Gasteiger charge is -2.49. The van der Waals surface area contributed by atoms with E-state index >= 15 is 0 Å². The highest BCUT2D eigenvalue weighted by atomic mass is 32.2. The number of amides is 1. The predicted octanol–water partition coefficient (Wildman–Crippen LogP) is 4.21. The molecule has 0 bridgehead atoms. The minimum absolute atomic E-state index is 0.218. The molecule has 0 radical (unpaired) electrons. The van der Waals surface area contributed by atoms with Crippen molar-refractivity contribution in [1.29, 1.82) is 0 Å². The Balaban J connectivity index is 1.54. The van der Waals surface area contributed by atoms with Crippen LogP contribution in [0.3, 0.4) is 0 Å². The third-order valence-corrected chi connectivity index (χ3v) is 9.32. The van der Waals surface area contributed by atoms with Gasteiger partial charge in [0.15, 0.2) is 5.82 Å². The number of ether oxygens (including phenoxy) is 1. The van der Waals surface area contributed by atoms with Crippen LogP contribution in [-0.4, -0.2) is 67.4 Å². The van der Waals surface area contributed by atoms with Crippen LogP contribution in [0.4, 0.5) is 4.79 Å². The number of carbonyl (C=O) groups excluding carboxylic acids is 1. The highest BCUT2D eigenvalue weighted by molar-refractivity contribution is 8.00. The van der Waals surface area contributed by atoms with E-state index < -0.39 is 11.1 Å².